The number of ether oxygens (including phenoxy) is 2. The van der Waals surface area contributed by atoms with Gasteiger partial charge < -0.3 is 20.1 Å². The number of piperidine rings is 1. The van der Waals surface area contributed by atoms with E-state index in [-0.39, 0.29) is 6.10 Å². The van der Waals surface area contributed by atoms with Crippen LogP contribution in [-0.4, -0.2) is 53.1 Å². The minimum absolute atomic E-state index is 0.158. The van der Waals surface area contributed by atoms with E-state index in [1.54, 1.807) is 14.2 Å². The summed E-state index contributed by atoms with van der Waals surface area (Å²) in [6, 6.07) is 0. The minimum atomic E-state index is 0.158. The molecule has 0 aromatic rings. The van der Waals surface area contributed by atoms with Crippen molar-refractivity contribution in [1.82, 2.24) is 10.6 Å². The van der Waals surface area contributed by atoms with Crippen LogP contribution in [0, 0.1) is 5.41 Å². The second-order valence-corrected chi connectivity index (χ2v) is 5.08. The molecule has 0 radical (unpaired) electrons. The zero-order chi connectivity index (χ0) is 12.6. The van der Waals surface area contributed by atoms with Gasteiger partial charge >= 0.3 is 0 Å². The first kappa shape index (κ1) is 14.9. The first-order valence-electron chi connectivity index (χ1n) is 6.69. The molecule has 1 saturated heterocycles. The van der Waals surface area contributed by atoms with E-state index >= 15 is 0 Å². The zero-order valence-corrected chi connectivity index (χ0v) is 11.6. The van der Waals surface area contributed by atoms with Crippen LogP contribution in [0.15, 0.2) is 0 Å². The Kier molecular flexibility index (Phi) is 7.04. The topological polar surface area (TPSA) is 42.5 Å². The molecule has 17 heavy (non-hydrogen) atoms. The third-order valence-electron chi connectivity index (χ3n) is 3.87. The van der Waals surface area contributed by atoms with E-state index in [1.807, 2.05) is 0 Å². The van der Waals surface area contributed by atoms with Crippen LogP contribution in [0.25, 0.3) is 0 Å². The lowest BCUT2D eigenvalue weighted by molar-refractivity contribution is 0.0265. The van der Waals surface area contributed by atoms with Gasteiger partial charge in [-0.05, 0) is 31.2 Å². The van der Waals surface area contributed by atoms with E-state index in [1.165, 1.54) is 25.8 Å². The summed E-state index contributed by atoms with van der Waals surface area (Å²) in [5.41, 5.74) is 0.434. The van der Waals surface area contributed by atoms with E-state index in [0.29, 0.717) is 12.0 Å². The van der Waals surface area contributed by atoms with Gasteiger partial charge in [-0.1, -0.05) is 6.92 Å². The van der Waals surface area contributed by atoms with Gasteiger partial charge in [0.15, 0.2) is 0 Å². The number of hydrogen-bond donors (Lipinski definition) is 2. The fourth-order valence-corrected chi connectivity index (χ4v) is 2.50. The highest BCUT2D eigenvalue weighted by molar-refractivity contribution is 4.86. The summed E-state index contributed by atoms with van der Waals surface area (Å²) in [5, 5.41) is 7.05. The maximum absolute atomic E-state index is 5.34. The average molecular weight is 244 g/mol. The molecule has 0 spiro atoms. The van der Waals surface area contributed by atoms with Crippen molar-refractivity contribution < 1.29 is 9.47 Å². The molecule has 2 atom stereocenters. The lowest BCUT2D eigenvalue weighted by atomic mass is 9.78. The van der Waals surface area contributed by atoms with Crippen molar-refractivity contribution in [3.63, 3.8) is 0 Å². The third-order valence-corrected chi connectivity index (χ3v) is 3.87. The Morgan fingerprint density at radius 3 is 2.76 bits per heavy atom. The Labute approximate surface area is 105 Å². The molecule has 0 saturated carbocycles. The van der Waals surface area contributed by atoms with Gasteiger partial charge in [-0.25, -0.2) is 0 Å². The normalized spacial score (nSPS) is 27.0. The van der Waals surface area contributed by atoms with E-state index in [0.717, 1.165) is 19.6 Å². The highest BCUT2D eigenvalue weighted by Crippen LogP contribution is 2.28. The van der Waals surface area contributed by atoms with Crippen molar-refractivity contribution in [3.8, 4) is 0 Å². The van der Waals surface area contributed by atoms with Crippen molar-refractivity contribution in [1.29, 1.82) is 0 Å². The highest BCUT2D eigenvalue weighted by Gasteiger charge is 2.29. The SMILES string of the molecule is CCC1(CNCC(COC)OC)CCCNC1. The summed E-state index contributed by atoms with van der Waals surface area (Å²) in [6.45, 7) is 7.19. The standard InChI is InChI=1S/C13H28N2O2/c1-4-13(6-5-7-14-10-13)11-15-8-12(17-3)9-16-2/h12,14-15H,4-11H2,1-3H3. The molecule has 1 rings (SSSR count). The summed E-state index contributed by atoms with van der Waals surface area (Å²) in [5.74, 6) is 0. The quantitative estimate of drug-likeness (QED) is 0.669. The largest absolute Gasteiger partial charge is 0.382 e. The molecule has 0 aromatic carbocycles. The van der Waals surface area contributed by atoms with Gasteiger partial charge in [0.1, 0.15) is 0 Å². The molecule has 0 aromatic heterocycles. The molecule has 2 N–H and O–H groups in total. The van der Waals surface area contributed by atoms with Crippen molar-refractivity contribution >= 4 is 0 Å². The maximum Gasteiger partial charge on any atom is 0.0928 e. The lowest BCUT2D eigenvalue weighted by Gasteiger charge is -2.37. The van der Waals surface area contributed by atoms with Gasteiger partial charge in [0, 0.05) is 33.9 Å². The molecule has 2 unspecified atom stereocenters. The van der Waals surface area contributed by atoms with Gasteiger partial charge in [0.25, 0.3) is 0 Å². The van der Waals surface area contributed by atoms with Crippen LogP contribution in [-0.2, 0) is 9.47 Å². The fraction of sp³-hybridized carbons (Fsp3) is 1.00. The predicted octanol–water partition coefficient (Wildman–Crippen LogP) is 1.02. The van der Waals surface area contributed by atoms with Gasteiger partial charge in [-0.15, -0.1) is 0 Å². The van der Waals surface area contributed by atoms with E-state index < -0.39 is 0 Å². The number of methoxy groups -OCH3 is 2. The Morgan fingerprint density at radius 2 is 2.24 bits per heavy atom. The van der Waals surface area contributed by atoms with Crippen LogP contribution in [0.1, 0.15) is 26.2 Å². The zero-order valence-electron chi connectivity index (χ0n) is 11.6. The summed E-state index contributed by atoms with van der Waals surface area (Å²) in [4.78, 5) is 0. The molecule has 1 heterocycles. The fourth-order valence-electron chi connectivity index (χ4n) is 2.50. The number of nitrogens with one attached hydrogen (secondary N) is 2. The average Bonchev–Trinajstić information content (AvgIpc) is 2.39. The molecule has 4 heteroatoms. The number of rotatable bonds is 8. The van der Waals surface area contributed by atoms with Gasteiger partial charge in [0.2, 0.25) is 0 Å². The second-order valence-electron chi connectivity index (χ2n) is 5.08. The van der Waals surface area contributed by atoms with E-state index in [2.05, 4.69) is 17.6 Å². The van der Waals surface area contributed by atoms with E-state index in [4.69, 9.17) is 9.47 Å². The summed E-state index contributed by atoms with van der Waals surface area (Å²) in [7, 11) is 3.45. The van der Waals surface area contributed by atoms with Crippen molar-refractivity contribution in [2.24, 2.45) is 5.41 Å². The predicted molar refractivity (Wildman–Crippen MR) is 70.4 cm³/mol. The summed E-state index contributed by atoms with van der Waals surface area (Å²) >= 11 is 0. The smallest absolute Gasteiger partial charge is 0.0928 e. The van der Waals surface area contributed by atoms with Crippen molar-refractivity contribution in [2.75, 3.05) is 47.0 Å². The van der Waals surface area contributed by atoms with Crippen molar-refractivity contribution in [3.05, 3.63) is 0 Å². The molecule has 1 fully saturated rings. The molecular formula is C13H28N2O2. The lowest BCUT2D eigenvalue weighted by Crippen LogP contribution is -2.47. The van der Waals surface area contributed by atoms with Crippen molar-refractivity contribution in [2.45, 2.75) is 32.3 Å². The van der Waals surface area contributed by atoms with Gasteiger partial charge in [-0.3, -0.25) is 0 Å². The van der Waals surface area contributed by atoms with Crippen LogP contribution in [0.3, 0.4) is 0 Å². The number of hydrogen-bond acceptors (Lipinski definition) is 4. The summed E-state index contributed by atoms with van der Waals surface area (Å²) < 4.78 is 10.5. The van der Waals surface area contributed by atoms with Crippen LogP contribution in [0.2, 0.25) is 0 Å². The maximum atomic E-state index is 5.34. The second kappa shape index (κ2) is 8.03. The summed E-state index contributed by atoms with van der Waals surface area (Å²) in [6.07, 6.45) is 4.01. The molecule has 0 aliphatic carbocycles. The van der Waals surface area contributed by atoms with Gasteiger partial charge in [0.05, 0.1) is 12.7 Å². The van der Waals surface area contributed by atoms with Crippen LogP contribution >= 0.6 is 0 Å². The van der Waals surface area contributed by atoms with Crippen LogP contribution < -0.4 is 10.6 Å². The third kappa shape index (κ3) is 4.92. The minimum Gasteiger partial charge on any atom is -0.382 e. The Balaban J connectivity index is 2.27. The van der Waals surface area contributed by atoms with Gasteiger partial charge in [-0.2, -0.15) is 0 Å². The molecular weight excluding hydrogens is 216 g/mol. The van der Waals surface area contributed by atoms with Crippen LogP contribution in [0.5, 0.6) is 0 Å². The van der Waals surface area contributed by atoms with Crippen LogP contribution in [0.4, 0.5) is 0 Å². The first-order valence-corrected chi connectivity index (χ1v) is 6.69. The monoisotopic (exact) mass is 244 g/mol. The molecule has 1 aliphatic rings. The Morgan fingerprint density at radius 1 is 1.41 bits per heavy atom. The molecule has 4 nitrogen and oxygen atoms in total. The molecule has 1 aliphatic heterocycles. The first-order chi connectivity index (χ1) is 8.26. The molecule has 0 amide bonds. The molecule has 0 bridgehead atoms. The Hall–Kier alpha value is -0.160. The Bertz CT molecular complexity index is 194. The van der Waals surface area contributed by atoms with E-state index in [9.17, 15) is 0 Å². The highest BCUT2D eigenvalue weighted by atomic mass is 16.5. The molecule has 102 valence electrons.